The van der Waals surface area contributed by atoms with Gasteiger partial charge in [-0.25, -0.2) is 0 Å². The van der Waals surface area contributed by atoms with Gasteiger partial charge in [0.2, 0.25) is 11.8 Å². The lowest BCUT2D eigenvalue weighted by Crippen LogP contribution is -2.37. The van der Waals surface area contributed by atoms with E-state index in [1.54, 1.807) is 29.2 Å². The molecule has 0 unspecified atom stereocenters. The van der Waals surface area contributed by atoms with Gasteiger partial charge in [0.05, 0.1) is 0 Å². The molecular formula is C16H22N2O3. The highest BCUT2D eigenvalue weighted by Gasteiger charge is 2.14. The van der Waals surface area contributed by atoms with Crippen LogP contribution in [0.15, 0.2) is 24.3 Å². The first-order valence-electron chi connectivity index (χ1n) is 6.99. The highest BCUT2D eigenvalue weighted by molar-refractivity contribution is 5.95. The molecule has 0 aliphatic heterocycles. The fourth-order valence-electron chi connectivity index (χ4n) is 2.01. The summed E-state index contributed by atoms with van der Waals surface area (Å²) in [5.41, 5.74) is 1.25. The van der Waals surface area contributed by atoms with Crippen LogP contribution in [0, 0.1) is 0 Å². The molecule has 0 aliphatic carbocycles. The van der Waals surface area contributed by atoms with E-state index >= 15 is 0 Å². The lowest BCUT2D eigenvalue weighted by atomic mass is 10.1. The van der Waals surface area contributed by atoms with Crippen molar-refractivity contribution in [3.05, 3.63) is 29.8 Å². The van der Waals surface area contributed by atoms with Gasteiger partial charge >= 0.3 is 0 Å². The molecule has 5 heteroatoms. The first-order valence-corrected chi connectivity index (χ1v) is 6.99. The molecule has 0 bridgehead atoms. The van der Waals surface area contributed by atoms with Crippen LogP contribution < -0.4 is 5.32 Å². The number of carbonyl (C=O) groups excluding carboxylic acids is 3. The Hall–Kier alpha value is -2.17. The van der Waals surface area contributed by atoms with Crippen molar-refractivity contribution in [3.63, 3.8) is 0 Å². The maximum absolute atomic E-state index is 11.9. The largest absolute Gasteiger partial charge is 0.340 e. The van der Waals surface area contributed by atoms with Gasteiger partial charge in [-0.05, 0) is 45.0 Å². The van der Waals surface area contributed by atoms with E-state index < -0.39 is 0 Å². The minimum Gasteiger partial charge on any atom is -0.340 e. The quantitative estimate of drug-likeness (QED) is 0.818. The Bertz CT molecular complexity index is 521. The van der Waals surface area contributed by atoms with E-state index in [9.17, 15) is 14.4 Å². The molecule has 1 N–H and O–H groups in total. The highest BCUT2D eigenvalue weighted by atomic mass is 16.2. The van der Waals surface area contributed by atoms with E-state index in [1.165, 1.54) is 13.8 Å². The first kappa shape index (κ1) is 16.9. The van der Waals surface area contributed by atoms with Crippen LogP contribution >= 0.6 is 0 Å². The summed E-state index contributed by atoms with van der Waals surface area (Å²) in [6, 6.07) is 6.81. The van der Waals surface area contributed by atoms with Crippen LogP contribution in [0.25, 0.3) is 0 Å². The number of ketones is 1. The Morgan fingerprint density at radius 2 is 1.67 bits per heavy atom. The monoisotopic (exact) mass is 290 g/mol. The van der Waals surface area contributed by atoms with Crippen molar-refractivity contribution in [2.75, 3.05) is 11.9 Å². The maximum atomic E-state index is 11.9. The molecule has 0 fully saturated rings. The zero-order chi connectivity index (χ0) is 16.0. The summed E-state index contributed by atoms with van der Waals surface area (Å²) >= 11 is 0. The van der Waals surface area contributed by atoms with Gasteiger partial charge in [0.1, 0.15) is 0 Å². The topological polar surface area (TPSA) is 66.5 Å². The molecule has 1 aromatic carbocycles. The van der Waals surface area contributed by atoms with Crippen LogP contribution in [0.5, 0.6) is 0 Å². The number of nitrogens with one attached hydrogen (secondary N) is 1. The Balaban J connectivity index is 2.53. The van der Waals surface area contributed by atoms with E-state index in [0.717, 1.165) is 0 Å². The smallest absolute Gasteiger partial charge is 0.226 e. The van der Waals surface area contributed by atoms with E-state index in [0.29, 0.717) is 17.8 Å². The molecule has 0 heterocycles. The van der Waals surface area contributed by atoms with Gasteiger partial charge in [-0.2, -0.15) is 0 Å². The number of amides is 2. The summed E-state index contributed by atoms with van der Waals surface area (Å²) in [6.07, 6.45) is 0.242. The third-order valence-corrected chi connectivity index (χ3v) is 3.18. The molecule has 0 saturated carbocycles. The summed E-state index contributed by atoms with van der Waals surface area (Å²) in [5.74, 6) is -0.206. The van der Waals surface area contributed by atoms with Crippen LogP contribution in [-0.4, -0.2) is 35.1 Å². The summed E-state index contributed by atoms with van der Waals surface area (Å²) in [5, 5.41) is 2.75. The SMILES string of the molecule is CC(=O)c1ccc(NC(=O)CCN(C(C)=O)C(C)C)cc1. The minimum atomic E-state index is -0.155. The molecule has 1 rings (SSSR count). The van der Waals surface area contributed by atoms with E-state index in [2.05, 4.69) is 5.32 Å². The lowest BCUT2D eigenvalue weighted by molar-refractivity contribution is -0.130. The molecule has 0 spiro atoms. The Morgan fingerprint density at radius 3 is 2.10 bits per heavy atom. The second-order valence-corrected chi connectivity index (χ2v) is 5.24. The number of hydrogen-bond acceptors (Lipinski definition) is 3. The van der Waals surface area contributed by atoms with Crippen molar-refractivity contribution >= 4 is 23.3 Å². The van der Waals surface area contributed by atoms with Crippen molar-refractivity contribution in [1.82, 2.24) is 4.90 Å². The van der Waals surface area contributed by atoms with Gasteiger partial charge in [-0.3, -0.25) is 14.4 Å². The number of benzene rings is 1. The van der Waals surface area contributed by atoms with Gasteiger partial charge in [0.25, 0.3) is 0 Å². The van der Waals surface area contributed by atoms with Crippen molar-refractivity contribution in [2.45, 2.75) is 40.2 Å². The van der Waals surface area contributed by atoms with Gasteiger partial charge < -0.3 is 10.2 Å². The molecular weight excluding hydrogens is 268 g/mol. The minimum absolute atomic E-state index is 0.0121. The van der Waals surface area contributed by atoms with Gasteiger partial charge in [-0.1, -0.05) is 0 Å². The summed E-state index contributed by atoms with van der Waals surface area (Å²) in [4.78, 5) is 36.1. The summed E-state index contributed by atoms with van der Waals surface area (Å²) < 4.78 is 0. The molecule has 5 nitrogen and oxygen atoms in total. The van der Waals surface area contributed by atoms with Crippen molar-refractivity contribution in [3.8, 4) is 0 Å². The lowest BCUT2D eigenvalue weighted by Gasteiger charge is -2.24. The van der Waals surface area contributed by atoms with Crippen molar-refractivity contribution < 1.29 is 14.4 Å². The number of carbonyl (C=O) groups is 3. The maximum Gasteiger partial charge on any atom is 0.226 e. The number of nitrogens with zero attached hydrogens (tertiary/aromatic N) is 1. The van der Waals surface area contributed by atoms with Crippen LogP contribution in [0.4, 0.5) is 5.69 Å². The van der Waals surface area contributed by atoms with Crippen LogP contribution in [0.1, 0.15) is 44.5 Å². The van der Waals surface area contributed by atoms with Crippen LogP contribution in [0.3, 0.4) is 0 Å². The molecule has 0 atom stereocenters. The van der Waals surface area contributed by atoms with Crippen molar-refractivity contribution in [1.29, 1.82) is 0 Å². The predicted octanol–water partition coefficient (Wildman–Crippen LogP) is 2.47. The Kier molecular flexibility index (Phi) is 6.09. The molecule has 0 radical (unpaired) electrons. The van der Waals surface area contributed by atoms with E-state index in [4.69, 9.17) is 0 Å². The molecule has 0 aromatic heterocycles. The van der Waals surface area contributed by atoms with Gasteiger partial charge in [0, 0.05) is 37.2 Å². The Morgan fingerprint density at radius 1 is 1.10 bits per heavy atom. The second kappa shape index (κ2) is 7.57. The normalized spacial score (nSPS) is 10.3. The zero-order valence-electron chi connectivity index (χ0n) is 13.0. The van der Waals surface area contributed by atoms with Crippen LogP contribution in [-0.2, 0) is 9.59 Å². The second-order valence-electron chi connectivity index (χ2n) is 5.24. The fraction of sp³-hybridized carbons (Fsp3) is 0.438. The van der Waals surface area contributed by atoms with Gasteiger partial charge in [0.15, 0.2) is 5.78 Å². The predicted molar refractivity (Wildman–Crippen MR) is 82.2 cm³/mol. The van der Waals surface area contributed by atoms with Crippen molar-refractivity contribution in [2.24, 2.45) is 0 Å². The highest BCUT2D eigenvalue weighted by Crippen LogP contribution is 2.10. The average molecular weight is 290 g/mol. The third kappa shape index (κ3) is 5.38. The molecule has 1 aromatic rings. The number of Topliss-reactive ketones (excluding diaryl/α,β-unsaturated/α-hetero) is 1. The molecule has 2 amide bonds. The van der Waals surface area contributed by atoms with Gasteiger partial charge in [-0.15, -0.1) is 0 Å². The fourth-order valence-corrected chi connectivity index (χ4v) is 2.01. The van der Waals surface area contributed by atoms with E-state index in [-0.39, 0.29) is 30.1 Å². The molecule has 0 saturated heterocycles. The number of hydrogen-bond donors (Lipinski definition) is 1. The molecule has 0 aliphatic rings. The third-order valence-electron chi connectivity index (χ3n) is 3.18. The molecule has 114 valence electrons. The molecule has 21 heavy (non-hydrogen) atoms. The summed E-state index contributed by atoms with van der Waals surface area (Å²) in [7, 11) is 0. The number of anilines is 1. The summed E-state index contributed by atoms with van der Waals surface area (Å²) in [6.45, 7) is 7.22. The average Bonchev–Trinajstić information content (AvgIpc) is 2.38. The number of rotatable bonds is 6. The Labute approximate surface area is 125 Å². The van der Waals surface area contributed by atoms with E-state index in [1.807, 2.05) is 13.8 Å². The van der Waals surface area contributed by atoms with Crippen LogP contribution in [0.2, 0.25) is 0 Å². The first-order chi connectivity index (χ1) is 9.81. The zero-order valence-corrected chi connectivity index (χ0v) is 13.0. The standard InChI is InChI=1S/C16H22N2O3/c1-11(2)18(13(4)20)10-9-16(21)17-15-7-5-14(6-8-15)12(3)19/h5-8,11H,9-10H2,1-4H3,(H,17,21).